The Kier molecular flexibility index (Phi) is 7.12. The lowest BCUT2D eigenvalue weighted by atomic mass is 9.97. The number of methoxy groups -OCH3 is 2. The zero-order valence-electron chi connectivity index (χ0n) is 19.9. The van der Waals surface area contributed by atoms with Gasteiger partial charge in [0.15, 0.2) is 9.92 Å². The highest BCUT2D eigenvalue weighted by Crippen LogP contribution is 2.40. The van der Waals surface area contributed by atoms with Crippen molar-refractivity contribution in [1.82, 2.24) is 14.8 Å². The minimum atomic E-state index is -4.69. The minimum Gasteiger partial charge on any atom is -0.481 e. The summed E-state index contributed by atoms with van der Waals surface area (Å²) in [5.41, 5.74) is -0.782. The number of urea groups is 1. The van der Waals surface area contributed by atoms with Gasteiger partial charge in [0.2, 0.25) is 11.8 Å². The van der Waals surface area contributed by atoms with Crippen LogP contribution in [0.25, 0.3) is 11.1 Å². The number of alkyl halides is 3. The summed E-state index contributed by atoms with van der Waals surface area (Å²) in [6, 6.07) is 3.91. The van der Waals surface area contributed by atoms with E-state index in [1.165, 1.54) is 50.2 Å². The summed E-state index contributed by atoms with van der Waals surface area (Å²) < 4.78 is 74.9. The van der Waals surface area contributed by atoms with Gasteiger partial charge >= 0.3 is 12.2 Å². The second kappa shape index (κ2) is 9.99. The first-order chi connectivity index (χ1) is 17.4. The van der Waals surface area contributed by atoms with E-state index in [4.69, 9.17) is 19.3 Å². The first kappa shape index (κ1) is 26.4. The number of pyridine rings is 1. The van der Waals surface area contributed by atoms with Gasteiger partial charge in [-0.3, -0.25) is 0 Å². The molecule has 198 valence electrons. The van der Waals surface area contributed by atoms with E-state index in [1.54, 1.807) is 0 Å². The molecular formula is C22H23F3N6O5S. The molecular weight excluding hydrogens is 517 g/mol. The zero-order chi connectivity index (χ0) is 27.0. The van der Waals surface area contributed by atoms with Crippen molar-refractivity contribution in [1.29, 1.82) is 0 Å². The maximum atomic E-state index is 13.6. The van der Waals surface area contributed by atoms with E-state index < -0.39 is 27.7 Å². The Morgan fingerprint density at radius 1 is 1.32 bits per heavy atom. The Bertz CT molecular complexity index is 1470. The molecule has 0 saturated carbocycles. The highest BCUT2D eigenvalue weighted by atomic mass is 32.2. The summed E-state index contributed by atoms with van der Waals surface area (Å²) >= 11 is 0. The first-order valence-electron chi connectivity index (χ1n) is 10.7. The molecule has 37 heavy (non-hydrogen) atoms. The number of benzene rings is 1. The molecule has 11 nitrogen and oxygen atoms in total. The van der Waals surface area contributed by atoms with Crippen LogP contribution in [0.15, 0.2) is 45.9 Å². The van der Waals surface area contributed by atoms with Gasteiger partial charge in [-0.05, 0) is 30.2 Å². The lowest BCUT2D eigenvalue weighted by molar-refractivity contribution is -0.138. The number of aromatic nitrogens is 3. The van der Waals surface area contributed by atoms with Gasteiger partial charge < -0.3 is 19.5 Å². The fourth-order valence-electron chi connectivity index (χ4n) is 3.80. The summed E-state index contributed by atoms with van der Waals surface area (Å²) in [6.45, 7) is 1.64. The summed E-state index contributed by atoms with van der Waals surface area (Å²) in [6.07, 6.45) is -2.41. The van der Waals surface area contributed by atoms with Crippen LogP contribution >= 0.6 is 0 Å². The number of nitrogens with two attached hydrogens (primary N) is 1. The molecule has 3 N–H and O–H groups in total. The Balaban J connectivity index is 1.74. The Morgan fingerprint density at radius 3 is 2.76 bits per heavy atom. The van der Waals surface area contributed by atoms with Gasteiger partial charge in [-0.15, -0.1) is 4.36 Å². The third kappa shape index (κ3) is 5.38. The molecule has 3 aromatic rings. The van der Waals surface area contributed by atoms with E-state index >= 15 is 0 Å². The van der Waals surface area contributed by atoms with Crippen molar-refractivity contribution in [3.8, 4) is 22.9 Å². The van der Waals surface area contributed by atoms with E-state index in [0.29, 0.717) is 12.1 Å². The Hall–Kier alpha value is -3.69. The molecule has 2 aromatic heterocycles. The highest BCUT2D eigenvalue weighted by Gasteiger charge is 2.34. The fourth-order valence-corrected chi connectivity index (χ4v) is 4.81. The molecule has 3 heterocycles. The molecule has 0 fully saturated rings. The van der Waals surface area contributed by atoms with E-state index in [1.807, 2.05) is 0 Å². The average molecular weight is 541 g/mol. The largest absolute Gasteiger partial charge is 0.481 e. The number of rotatable bonds is 5. The number of hydrogen-bond acceptors (Lipinski definition) is 7. The average Bonchev–Trinajstić information content (AvgIpc) is 3.28. The first-order valence-corrected chi connectivity index (χ1v) is 12.3. The number of amides is 2. The van der Waals surface area contributed by atoms with Crippen LogP contribution in [-0.4, -0.2) is 51.9 Å². The molecule has 1 aliphatic rings. The van der Waals surface area contributed by atoms with Gasteiger partial charge in [0.05, 0.1) is 31.1 Å². The van der Waals surface area contributed by atoms with Crippen molar-refractivity contribution < 1.29 is 36.4 Å². The third-order valence-corrected chi connectivity index (χ3v) is 7.01. The van der Waals surface area contributed by atoms with Gasteiger partial charge in [0.25, 0.3) is 0 Å². The molecule has 0 saturated heterocycles. The number of carbonyl (C=O) groups excluding carboxylic acids is 1. The molecule has 0 spiro atoms. The smallest absolute Gasteiger partial charge is 0.416 e. The number of nitrogens with one attached hydrogen (secondary N) is 1. The Morgan fingerprint density at radius 2 is 2.08 bits per heavy atom. The van der Waals surface area contributed by atoms with Crippen LogP contribution < -0.4 is 19.9 Å². The monoisotopic (exact) mass is 540 g/mol. The van der Waals surface area contributed by atoms with Crippen LogP contribution in [0, 0.1) is 6.92 Å². The summed E-state index contributed by atoms with van der Waals surface area (Å²) in [5, 5.41) is 12.3. The number of anilines is 1. The molecule has 2 unspecified atom stereocenters. The van der Waals surface area contributed by atoms with Crippen molar-refractivity contribution in [2.45, 2.75) is 30.6 Å². The lowest BCUT2D eigenvalue weighted by Crippen LogP contribution is -2.32. The van der Waals surface area contributed by atoms with Crippen molar-refractivity contribution in [3.05, 3.63) is 47.8 Å². The lowest BCUT2D eigenvalue weighted by Gasteiger charge is -2.23. The van der Waals surface area contributed by atoms with Crippen LogP contribution in [0.4, 0.5) is 23.7 Å². The van der Waals surface area contributed by atoms with Crippen LogP contribution in [0.5, 0.6) is 11.8 Å². The van der Waals surface area contributed by atoms with Gasteiger partial charge in [0.1, 0.15) is 17.6 Å². The number of ether oxygens (including phenoxy) is 3. The van der Waals surface area contributed by atoms with Crippen molar-refractivity contribution in [2.75, 3.05) is 26.1 Å². The molecule has 2 amide bonds. The van der Waals surface area contributed by atoms with Crippen molar-refractivity contribution in [3.63, 3.8) is 0 Å². The summed E-state index contributed by atoms with van der Waals surface area (Å²) in [4.78, 5) is 16.7. The minimum absolute atomic E-state index is 0.0668. The van der Waals surface area contributed by atoms with Crippen LogP contribution in [0.1, 0.15) is 11.1 Å². The molecule has 0 aliphatic carbocycles. The zero-order valence-corrected chi connectivity index (χ0v) is 20.7. The number of hydrogen-bond donors (Lipinski definition) is 2. The van der Waals surface area contributed by atoms with Gasteiger partial charge in [-0.1, -0.05) is 6.07 Å². The highest BCUT2D eigenvalue weighted by molar-refractivity contribution is 7.91. The maximum absolute atomic E-state index is 13.6. The summed E-state index contributed by atoms with van der Waals surface area (Å²) in [7, 11) is -0.992. The molecule has 0 bridgehead atoms. The third-order valence-electron chi connectivity index (χ3n) is 5.67. The van der Waals surface area contributed by atoms with Crippen molar-refractivity contribution in [2.24, 2.45) is 9.50 Å². The van der Waals surface area contributed by atoms with E-state index in [9.17, 15) is 22.2 Å². The standard InChI is InChI=1S/C22H23F3N6O5S/c1-12-16(22(23,24)25)5-4-15(13-6-7-27-18(8-13)35-3)19(12)29-21(32)30-37(26,33)17-9-28-31-10-14(34-2)11-36-20(17)31/h4-9,14H,10-11H2,1-3H3,(H3,26,29,30,32,33). The predicted octanol–water partition coefficient (Wildman–Crippen LogP) is 3.62. The molecule has 0 radical (unpaired) electrons. The second-order valence-electron chi connectivity index (χ2n) is 8.00. The van der Waals surface area contributed by atoms with Crippen LogP contribution in [0.3, 0.4) is 0 Å². The molecule has 15 heteroatoms. The molecule has 4 rings (SSSR count). The van der Waals surface area contributed by atoms with Crippen LogP contribution in [-0.2, 0) is 27.4 Å². The van der Waals surface area contributed by atoms with E-state index in [0.717, 1.165) is 12.3 Å². The van der Waals surface area contributed by atoms with Gasteiger partial charge in [0, 0.05) is 24.9 Å². The van der Waals surface area contributed by atoms with Gasteiger partial charge in [-0.25, -0.2) is 23.8 Å². The Labute approximate surface area is 210 Å². The number of fused-ring (bicyclic) bond motifs is 1. The van der Waals surface area contributed by atoms with Crippen molar-refractivity contribution >= 4 is 21.6 Å². The molecule has 1 aliphatic heterocycles. The normalized spacial score (nSPS) is 16.8. The number of nitrogens with zero attached hydrogens (tertiary/aromatic N) is 4. The maximum Gasteiger partial charge on any atom is 0.416 e. The number of carbonyl (C=O) groups is 1. The predicted molar refractivity (Wildman–Crippen MR) is 127 cm³/mol. The van der Waals surface area contributed by atoms with Gasteiger partial charge in [-0.2, -0.15) is 18.3 Å². The summed E-state index contributed by atoms with van der Waals surface area (Å²) in [5.74, 6) is 0.279. The topological polar surface area (TPSA) is 143 Å². The number of halogens is 3. The van der Waals surface area contributed by atoms with E-state index in [-0.39, 0.29) is 46.2 Å². The fraction of sp³-hybridized carbons (Fsp3) is 0.318. The second-order valence-corrected chi connectivity index (χ2v) is 9.76. The van der Waals surface area contributed by atoms with E-state index in [2.05, 4.69) is 19.8 Å². The van der Waals surface area contributed by atoms with Crippen LogP contribution in [0.2, 0.25) is 0 Å². The molecule has 2 atom stereocenters. The quantitative estimate of drug-likeness (QED) is 0.503. The SMILES string of the molecule is COc1cc(-c2ccc(C(F)(F)F)c(C)c2NC(=O)N=S(N)(=O)c2cnn3c2OCC(OC)C3)ccn1. The molecule has 1 aromatic carbocycles.